The molecular weight excluding hydrogens is 284 g/mol. The first-order chi connectivity index (χ1) is 10.9. The number of hydrogen-bond acceptors (Lipinski definition) is 1. The Labute approximate surface area is 135 Å². The van der Waals surface area contributed by atoms with Gasteiger partial charge in [0.25, 0.3) is 0 Å². The van der Waals surface area contributed by atoms with Gasteiger partial charge in [-0.2, -0.15) is 0 Å². The van der Waals surface area contributed by atoms with Crippen molar-refractivity contribution in [2.24, 2.45) is 0 Å². The molecule has 1 unspecified atom stereocenters. The zero-order valence-corrected chi connectivity index (χ0v) is 13.9. The fraction of sp³-hybridized carbons (Fsp3) is 0.300. The zero-order valence-electron chi connectivity index (χ0n) is 12.9. The minimum atomic E-state index is 0.586. The van der Waals surface area contributed by atoms with Gasteiger partial charge in [-0.25, -0.2) is 0 Å². The second kappa shape index (κ2) is 8.11. The van der Waals surface area contributed by atoms with E-state index in [1.54, 1.807) is 0 Å². The quantitative estimate of drug-likeness (QED) is 0.389. The summed E-state index contributed by atoms with van der Waals surface area (Å²) < 4.78 is 5.26. The predicted octanol–water partition coefficient (Wildman–Crippen LogP) is 4.77. The molecule has 1 heterocycles. The van der Waals surface area contributed by atoms with E-state index in [1.165, 1.54) is 42.0 Å². The van der Waals surface area contributed by atoms with Crippen LogP contribution in [0.1, 0.15) is 30.4 Å². The lowest BCUT2D eigenvalue weighted by atomic mass is 10.00. The van der Waals surface area contributed by atoms with Crippen LogP contribution in [0.25, 0.3) is 5.57 Å². The largest absolute Gasteiger partial charge is 0.373 e. The van der Waals surface area contributed by atoms with E-state index in [2.05, 4.69) is 66.4 Å². The molecule has 1 aliphatic heterocycles. The van der Waals surface area contributed by atoms with E-state index >= 15 is 0 Å². The molecule has 112 valence electrons. The van der Waals surface area contributed by atoms with Gasteiger partial charge in [-0.3, -0.25) is 0 Å². The van der Waals surface area contributed by atoms with Crippen molar-refractivity contribution in [2.75, 3.05) is 6.61 Å². The first-order valence-electron chi connectivity index (χ1n) is 8.09. The first-order valence-corrected chi connectivity index (χ1v) is 9.38. The fourth-order valence-electron chi connectivity index (χ4n) is 2.58. The van der Waals surface area contributed by atoms with E-state index in [-0.39, 0.29) is 0 Å². The summed E-state index contributed by atoms with van der Waals surface area (Å²) in [5, 5.41) is 0. The highest BCUT2D eigenvalue weighted by molar-refractivity contribution is 6.44. The third-order valence-electron chi connectivity index (χ3n) is 3.92. The molecule has 3 rings (SSSR count). The Kier molecular flexibility index (Phi) is 5.63. The van der Waals surface area contributed by atoms with Gasteiger partial charge in [-0.05, 0) is 23.1 Å². The van der Waals surface area contributed by atoms with Crippen LogP contribution in [0.3, 0.4) is 0 Å². The summed E-state index contributed by atoms with van der Waals surface area (Å²) >= 11 is 0. The van der Waals surface area contributed by atoms with Crippen LogP contribution in [0.5, 0.6) is 0 Å². The van der Waals surface area contributed by atoms with Crippen LogP contribution in [-0.4, -0.2) is 22.2 Å². The van der Waals surface area contributed by atoms with E-state index in [0.717, 1.165) is 16.1 Å². The summed E-state index contributed by atoms with van der Waals surface area (Å²) in [5.74, 6) is 0. The summed E-state index contributed by atoms with van der Waals surface area (Å²) in [6, 6.07) is 22.7. The zero-order chi connectivity index (χ0) is 15.0. The highest BCUT2D eigenvalue weighted by Gasteiger charge is 2.20. The van der Waals surface area contributed by atoms with Crippen LogP contribution < -0.4 is 0 Å². The summed E-state index contributed by atoms with van der Waals surface area (Å²) in [6.07, 6.45) is 4.45. The molecule has 0 spiro atoms. The molecule has 0 aliphatic carbocycles. The van der Waals surface area contributed by atoms with Crippen molar-refractivity contribution in [3.63, 3.8) is 0 Å². The standard InChI is InChI=1S/C20H22OSi/c1-3-9-17(10-4-1)20(18-11-5-2-6-12-18)16-22-14-8-7-13-19-15-21-19/h1-6,9-12,16,19H,7-8,13-15H2. The second-order valence-corrected chi connectivity index (χ2v) is 6.89. The molecule has 2 aromatic rings. The molecule has 1 fully saturated rings. The van der Waals surface area contributed by atoms with Gasteiger partial charge in [0, 0.05) is 0 Å². The minimum Gasteiger partial charge on any atom is -0.373 e. The van der Waals surface area contributed by atoms with Crippen LogP contribution in [0, 0.1) is 0 Å². The average molecular weight is 306 g/mol. The molecule has 0 saturated carbocycles. The smallest absolute Gasteiger partial charge is 0.0810 e. The highest BCUT2D eigenvalue weighted by atomic mass is 28.2. The molecule has 1 aliphatic rings. The SMILES string of the molecule is C([Si]CCCCC1CO1)=C(c1ccccc1)c1ccccc1. The molecule has 0 amide bonds. The molecule has 0 N–H and O–H groups in total. The number of ether oxygens (including phenoxy) is 1. The van der Waals surface area contributed by atoms with Crippen LogP contribution in [0.15, 0.2) is 66.4 Å². The van der Waals surface area contributed by atoms with Crippen LogP contribution in [-0.2, 0) is 4.74 Å². The molecule has 2 radical (unpaired) electrons. The monoisotopic (exact) mass is 306 g/mol. The molecule has 22 heavy (non-hydrogen) atoms. The number of unbranched alkanes of at least 4 members (excludes halogenated alkanes) is 1. The molecule has 0 bridgehead atoms. The topological polar surface area (TPSA) is 12.5 Å². The Morgan fingerprint density at radius 3 is 2.09 bits per heavy atom. The Hall–Kier alpha value is -1.64. The lowest BCUT2D eigenvalue weighted by molar-refractivity contribution is 0.391. The molecule has 1 saturated heterocycles. The van der Waals surface area contributed by atoms with Crippen molar-refractivity contribution in [2.45, 2.75) is 31.4 Å². The summed E-state index contributed by atoms with van der Waals surface area (Å²) in [5.41, 5.74) is 6.42. The van der Waals surface area contributed by atoms with Gasteiger partial charge in [0.15, 0.2) is 0 Å². The van der Waals surface area contributed by atoms with Crippen molar-refractivity contribution in [1.29, 1.82) is 0 Å². The van der Waals surface area contributed by atoms with E-state index in [9.17, 15) is 0 Å². The molecular formula is C20H22OSi. The molecule has 0 aromatic heterocycles. The summed E-state index contributed by atoms with van der Waals surface area (Å²) in [6.45, 7) is 0.994. The van der Waals surface area contributed by atoms with E-state index in [4.69, 9.17) is 4.74 Å². The Bertz CT molecular complexity index is 546. The summed E-state index contributed by atoms with van der Waals surface area (Å²) in [7, 11) is 0.885. The van der Waals surface area contributed by atoms with Crippen LogP contribution in [0.4, 0.5) is 0 Å². The van der Waals surface area contributed by atoms with Crippen LogP contribution in [0.2, 0.25) is 6.04 Å². The van der Waals surface area contributed by atoms with Gasteiger partial charge < -0.3 is 4.74 Å². The van der Waals surface area contributed by atoms with Gasteiger partial charge in [0.2, 0.25) is 0 Å². The lowest BCUT2D eigenvalue weighted by Gasteiger charge is -2.08. The highest BCUT2D eigenvalue weighted by Crippen LogP contribution is 2.23. The van der Waals surface area contributed by atoms with Gasteiger partial charge in [-0.15, -0.1) is 0 Å². The third kappa shape index (κ3) is 4.69. The Balaban J connectivity index is 1.61. The van der Waals surface area contributed by atoms with E-state index in [0.29, 0.717) is 6.10 Å². The lowest BCUT2D eigenvalue weighted by Crippen LogP contribution is -1.93. The van der Waals surface area contributed by atoms with Crippen molar-refractivity contribution in [1.82, 2.24) is 0 Å². The first kappa shape index (κ1) is 15.3. The number of rotatable bonds is 8. The minimum absolute atomic E-state index is 0.586. The molecule has 2 heteroatoms. The van der Waals surface area contributed by atoms with E-state index in [1.807, 2.05) is 0 Å². The van der Waals surface area contributed by atoms with Crippen molar-refractivity contribution in [3.05, 3.63) is 77.5 Å². The average Bonchev–Trinajstić information content (AvgIpc) is 3.40. The Morgan fingerprint density at radius 2 is 1.55 bits per heavy atom. The second-order valence-electron chi connectivity index (χ2n) is 5.70. The van der Waals surface area contributed by atoms with E-state index < -0.39 is 0 Å². The van der Waals surface area contributed by atoms with Crippen molar-refractivity contribution >= 4 is 15.1 Å². The Morgan fingerprint density at radius 1 is 0.955 bits per heavy atom. The van der Waals surface area contributed by atoms with Crippen LogP contribution >= 0.6 is 0 Å². The maximum Gasteiger partial charge on any atom is 0.0810 e. The number of hydrogen-bond donors (Lipinski definition) is 0. The predicted molar refractivity (Wildman–Crippen MR) is 94.1 cm³/mol. The van der Waals surface area contributed by atoms with Gasteiger partial charge in [0.05, 0.1) is 22.2 Å². The molecule has 1 nitrogen and oxygen atoms in total. The third-order valence-corrected chi connectivity index (χ3v) is 5.05. The van der Waals surface area contributed by atoms with Crippen molar-refractivity contribution < 1.29 is 4.74 Å². The van der Waals surface area contributed by atoms with Gasteiger partial charge in [0.1, 0.15) is 0 Å². The maximum atomic E-state index is 5.26. The summed E-state index contributed by atoms with van der Waals surface area (Å²) in [4.78, 5) is 0. The fourth-order valence-corrected chi connectivity index (χ4v) is 3.71. The molecule has 2 aromatic carbocycles. The normalized spacial score (nSPS) is 16.3. The van der Waals surface area contributed by atoms with Gasteiger partial charge >= 0.3 is 0 Å². The number of epoxide rings is 1. The maximum absolute atomic E-state index is 5.26. The molecule has 1 atom stereocenters. The van der Waals surface area contributed by atoms with Crippen molar-refractivity contribution in [3.8, 4) is 0 Å². The number of benzene rings is 2. The van der Waals surface area contributed by atoms with Gasteiger partial charge in [-0.1, -0.05) is 85.2 Å².